The molecule has 1 aliphatic carbocycles. The van der Waals surface area contributed by atoms with Crippen molar-refractivity contribution < 1.29 is 4.74 Å². The van der Waals surface area contributed by atoms with Crippen LogP contribution in [-0.4, -0.2) is 37.3 Å². The smallest absolute Gasteiger partial charge is 0.135 e. The van der Waals surface area contributed by atoms with Gasteiger partial charge in [0.2, 0.25) is 0 Å². The highest BCUT2D eigenvalue weighted by molar-refractivity contribution is 9.10. The Hall–Kier alpha value is -0.680. The van der Waals surface area contributed by atoms with Gasteiger partial charge in [-0.2, -0.15) is 0 Å². The normalized spacial score (nSPS) is 15.2. The van der Waals surface area contributed by atoms with Gasteiger partial charge >= 0.3 is 0 Å². The van der Waals surface area contributed by atoms with Gasteiger partial charge in [-0.25, -0.2) is 9.97 Å². The molecular formula is C11H16BrN3O. The Bertz CT molecular complexity index is 368. The lowest BCUT2D eigenvalue weighted by Crippen LogP contribution is -2.23. The molecule has 1 aliphatic rings. The lowest BCUT2D eigenvalue weighted by Gasteiger charge is -2.18. The summed E-state index contributed by atoms with van der Waals surface area (Å²) in [6.45, 7) is 1.54. The Morgan fingerprint density at radius 3 is 2.88 bits per heavy atom. The minimum absolute atomic E-state index is 0.576. The van der Waals surface area contributed by atoms with E-state index < -0.39 is 0 Å². The van der Waals surface area contributed by atoms with Gasteiger partial charge in [0.25, 0.3) is 0 Å². The highest BCUT2D eigenvalue weighted by Crippen LogP contribution is 2.39. The maximum atomic E-state index is 5.06. The third kappa shape index (κ3) is 2.92. The van der Waals surface area contributed by atoms with Crippen molar-refractivity contribution in [2.45, 2.75) is 18.8 Å². The van der Waals surface area contributed by atoms with E-state index in [1.807, 2.05) is 13.1 Å². The molecule has 0 aliphatic heterocycles. The fourth-order valence-corrected chi connectivity index (χ4v) is 1.87. The van der Waals surface area contributed by atoms with Crippen molar-refractivity contribution in [3.63, 3.8) is 0 Å². The van der Waals surface area contributed by atoms with Crippen molar-refractivity contribution >= 4 is 21.7 Å². The summed E-state index contributed by atoms with van der Waals surface area (Å²) in [6, 6.07) is 1.95. The van der Waals surface area contributed by atoms with E-state index in [-0.39, 0.29) is 0 Å². The van der Waals surface area contributed by atoms with Crippen LogP contribution < -0.4 is 4.90 Å². The zero-order valence-corrected chi connectivity index (χ0v) is 11.2. The second-order valence-electron chi connectivity index (χ2n) is 4.10. The quantitative estimate of drug-likeness (QED) is 0.778. The van der Waals surface area contributed by atoms with E-state index in [0.29, 0.717) is 12.5 Å². The van der Waals surface area contributed by atoms with Crippen LogP contribution in [0.5, 0.6) is 0 Å². The molecule has 0 radical (unpaired) electrons. The zero-order chi connectivity index (χ0) is 11.5. The van der Waals surface area contributed by atoms with Gasteiger partial charge in [0.05, 0.1) is 6.61 Å². The molecule has 0 saturated heterocycles. The van der Waals surface area contributed by atoms with E-state index in [2.05, 4.69) is 30.8 Å². The van der Waals surface area contributed by atoms with Crippen molar-refractivity contribution in [2.24, 2.45) is 0 Å². The van der Waals surface area contributed by atoms with Crippen LogP contribution in [0.3, 0.4) is 0 Å². The summed E-state index contributed by atoms with van der Waals surface area (Å²) in [4.78, 5) is 11.1. The molecular weight excluding hydrogens is 270 g/mol. The number of hydrogen-bond donors (Lipinski definition) is 0. The highest BCUT2D eigenvalue weighted by atomic mass is 79.9. The van der Waals surface area contributed by atoms with Crippen LogP contribution in [0.15, 0.2) is 10.7 Å². The second kappa shape index (κ2) is 5.10. The monoisotopic (exact) mass is 285 g/mol. The van der Waals surface area contributed by atoms with Gasteiger partial charge in [-0.3, -0.25) is 0 Å². The summed E-state index contributed by atoms with van der Waals surface area (Å²) in [5, 5.41) is 0. The average molecular weight is 286 g/mol. The molecule has 4 nitrogen and oxygen atoms in total. The average Bonchev–Trinajstić information content (AvgIpc) is 3.08. The molecule has 0 aromatic carbocycles. The summed E-state index contributed by atoms with van der Waals surface area (Å²) in [5.74, 6) is 2.50. The van der Waals surface area contributed by atoms with Crippen LogP contribution in [0.2, 0.25) is 0 Å². The van der Waals surface area contributed by atoms with Crippen molar-refractivity contribution in [2.75, 3.05) is 32.2 Å². The topological polar surface area (TPSA) is 38.2 Å². The van der Waals surface area contributed by atoms with Gasteiger partial charge in [0.1, 0.15) is 16.2 Å². The molecule has 0 spiro atoms. The molecule has 16 heavy (non-hydrogen) atoms. The molecule has 0 bridgehead atoms. The lowest BCUT2D eigenvalue weighted by molar-refractivity contribution is 0.206. The lowest BCUT2D eigenvalue weighted by atomic mass is 10.4. The fourth-order valence-electron chi connectivity index (χ4n) is 1.49. The zero-order valence-electron chi connectivity index (χ0n) is 9.61. The molecule has 1 fully saturated rings. The van der Waals surface area contributed by atoms with Crippen LogP contribution in [0.4, 0.5) is 5.82 Å². The van der Waals surface area contributed by atoms with Gasteiger partial charge in [0.15, 0.2) is 0 Å². The summed E-state index contributed by atoms with van der Waals surface area (Å²) in [5.41, 5.74) is 0. The molecule has 1 aromatic rings. The molecule has 0 atom stereocenters. The third-order valence-electron chi connectivity index (χ3n) is 2.66. The molecule has 5 heteroatoms. The third-order valence-corrected chi connectivity index (χ3v) is 3.07. The summed E-state index contributed by atoms with van der Waals surface area (Å²) in [6.07, 6.45) is 2.44. The molecule has 0 N–H and O–H groups in total. The van der Waals surface area contributed by atoms with Crippen molar-refractivity contribution in [3.8, 4) is 0 Å². The molecule has 1 aromatic heterocycles. The van der Waals surface area contributed by atoms with E-state index in [4.69, 9.17) is 4.74 Å². The van der Waals surface area contributed by atoms with E-state index in [1.165, 1.54) is 12.8 Å². The minimum Gasteiger partial charge on any atom is -0.383 e. The van der Waals surface area contributed by atoms with Crippen molar-refractivity contribution in [1.82, 2.24) is 9.97 Å². The van der Waals surface area contributed by atoms with E-state index in [9.17, 15) is 0 Å². The predicted octanol–water partition coefficient (Wildman–Crippen LogP) is 2.20. The van der Waals surface area contributed by atoms with Gasteiger partial charge in [-0.05, 0) is 28.8 Å². The summed E-state index contributed by atoms with van der Waals surface area (Å²) >= 11 is 3.44. The van der Waals surface area contributed by atoms with Gasteiger partial charge in [-0.15, -0.1) is 0 Å². The number of anilines is 1. The standard InChI is InChI=1S/C11H16BrN3O/c1-15(5-6-16-2)10-7-9(12)13-11(14-10)8-3-4-8/h7-8H,3-6H2,1-2H3. The number of likely N-dealkylation sites (N-methyl/N-ethyl adjacent to an activating group) is 1. The van der Waals surface area contributed by atoms with Crippen LogP contribution >= 0.6 is 15.9 Å². The number of methoxy groups -OCH3 is 1. The molecule has 1 saturated carbocycles. The highest BCUT2D eigenvalue weighted by Gasteiger charge is 2.27. The number of ether oxygens (including phenoxy) is 1. The van der Waals surface area contributed by atoms with Crippen LogP contribution in [0.25, 0.3) is 0 Å². The SMILES string of the molecule is COCCN(C)c1cc(Br)nc(C2CC2)n1. The van der Waals surface area contributed by atoms with Gasteiger partial charge in [-0.1, -0.05) is 0 Å². The Labute approximate surface area is 104 Å². The number of nitrogens with zero attached hydrogens (tertiary/aromatic N) is 3. The van der Waals surface area contributed by atoms with E-state index >= 15 is 0 Å². The number of halogens is 1. The fraction of sp³-hybridized carbons (Fsp3) is 0.636. The maximum Gasteiger partial charge on any atom is 0.135 e. The minimum atomic E-state index is 0.576. The van der Waals surface area contributed by atoms with Gasteiger partial charge in [0, 0.05) is 32.7 Å². The van der Waals surface area contributed by atoms with Crippen molar-refractivity contribution in [3.05, 3.63) is 16.5 Å². The van der Waals surface area contributed by atoms with Crippen LogP contribution in [0, 0.1) is 0 Å². The molecule has 0 unspecified atom stereocenters. The van der Waals surface area contributed by atoms with E-state index in [1.54, 1.807) is 7.11 Å². The predicted molar refractivity (Wildman–Crippen MR) is 66.9 cm³/mol. The first-order valence-corrected chi connectivity index (χ1v) is 6.24. The van der Waals surface area contributed by atoms with Crippen LogP contribution in [0.1, 0.15) is 24.6 Å². The first kappa shape index (κ1) is 11.8. The number of aromatic nitrogens is 2. The Kier molecular flexibility index (Phi) is 3.76. The number of hydrogen-bond acceptors (Lipinski definition) is 4. The van der Waals surface area contributed by atoms with Crippen LogP contribution in [-0.2, 0) is 4.74 Å². The maximum absolute atomic E-state index is 5.06. The Morgan fingerprint density at radius 2 is 2.25 bits per heavy atom. The van der Waals surface area contributed by atoms with Crippen molar-refractivity contribution in [1.29, 1.82) is 0 Å². The summed E-state index contributed by atoms with van der Waals surface area (Å²) in [7, 11) is 3.73. The Balaban J connectivity index is 2.12. The molecule has 1 heterocycles. The number of rotatable bonds is 5. The molecule has 2 rings (SSSR count). The van der Waals surface area contributed by atoms with Gasteiger partial charge < -0.3 is 9.64 Å². The first-order valence-electron chi connectivity index (χ1n) is 5.45. The first-order chi connectivity index (χ1) is 7.70. The van der Waals surface area contributed by atoms with E-state index in [0.717, 1.165) is 22.8 Å². The molecule has 0 amide bonds. The largest absolute Gasteiger partial charge is 0.383 e. The second-order valence-corrected chi connectivity index (χ2v) is 4.91. The summed E-state index contributed by atoms with van der Waals surface area (Å²) < 4.78 is 5.92. The molecule has 88 valence electrons. The Morgan fingerprint density at radius 1 is 1.50 bits per heavy atom.